The van der Waals surface area contributed by atoms with Gasteiger partial charge in [0.25, 0.3) is 5.91 Å². The standard InChI is InChI=1S/C24H31N3O4S/c1-17-11-12-20(32(30,31)26-24(2,3)4)15-21(17)23(29)25-19-9-7-8-18(14-19)16-27-13-6-5-10-22(27)28/h7-9,11-12,14-15,26H,5-6,10,13,16H2,1-4H3,(H,25,29). The molecule has 1 aliphatic rings. The summed E-state index contributed by atoms with van der Waals surface area (Å²) >= 11 is 0. The van der Waals surface area contributed by atoms with E-state index in [9.17, 15) is 18.0 Å². The van der Waals surface area contributed by atoms with Crippen LogP contribution in [0.3, 0.4) is 0 Å². The molecule has 2 N–H and O–H groups in total. The maximum atomic E-state index is 13.0. The van der Waals surface area contributed by atoms with Crippen molar-refractivity contribution in [1.29, 1.82) is 0 Å². The molecule has 0 saturated carbocycles. The van der Waals surface area contributed by atoms with E-state index in [1.807, 2.05) is 23.1 Å². The van der Waals surface area contributed by atoms with Gasteiger partial charge in [-0.3, -0.25) is 9.59 Å². The van der Waals surface area contributed by atoms with Crippen LogP contribution in [0.4, 0.5) is 5.69 Å². The lowest BCUT2D eigenvalue weighted by Gasteiger charge is -2.26. The zero-order chi connectivity index (χ0) is 23.5. The van der Waals surface area contributed by atoms with E-state index in [0.717, 1.165) is 24.9 Å². The molecule has 0 spiro atoms. The first-order chi connectivity index (χ1) is 14.9. The summed E-state index contributed by atoms with van der Waals surface area (Å²) in [6, 6.07) is 11.9. The number of benzene rings is 2. The van der Waals surface area contributed by atoms with Gasteiger partial charge in [0.05, 0.1) is 4.90 Å². The van der Waals surface area contributed by atoms with E-state index in [-0.39, 0.29) is 16.7 Å². The Bertz CT molecular complexity index is 1120. The van der Waals surface area contributed by atoms with Crippen molar-refractivity contribution in [1.82, 2.24) is 9.62 Å². The molecule has 0 aromatic heterocycles. The molecule has 1 aliphatic heterocycles. The summed E-state index contributed by atoms with van der Waals surface area (Å²) in [5, 5.41) is 2.86. The van der Waals surface area contributed by atoms with E-state index in [1.165, 1.54) is 12.1 Å². The van der Waals surface area contributed by atoms with Crippen LogP contribution in [-0.2, 0) is 21.4 Å². The number of hydrogen-bond acceptors (Lipinski definition) is 4. The number of likely N-dealkylation sites (tertiary alicyclic amines) is 1. The van der Waals surface area contributed by atoms with Crippen molar-refractivity contribution in [3.8, 4) is 0 Å². The van der Waals surface area contributed by atoms with Crippen molar-refractivity contribution >= 4 is 27.5 Å². The number of nitrogens with one attached hydrogen (secondary N) is 2. The van der Waals surface area contributed by atoms with Gasteiger partial charge in [0.2, 0.25) is 15.9 Å². The second-order valence-corrected chi connectivity index (χ2v) is 10.9. The average molecular weight is 458 g/mol. The van der Waals surface area contributed by atoms with Crippen molar-refractivity contribution < 1.29 is 18.0 Å². The summed E-state index contributed by atoms with van der Waals surface area (Å²) in [4.78, 5) is 26.9. The lowest BCUT2D eigenvalue weighted by atomic mass is 10.1. The van der Waals surface area contributed by atoms with Crippen LogP contribution in [0, 0.1) is 6.92 Å². The van der Waals surface area contributed by atoms with Crippen molar-refractivity contribution in [2.75, 3.05) is 11.9 Å². The summed E-state index contributed by atoms with van der Waals surface area (Å²) in [5.41, 5.74) is 1.85. The van der Waals surface area contributed by atoms with Crippen LogP contribution >= 0.6 is 0 Å². The topological polar surface area (TPSA) is 95.6 Å². The molecule has 0 radical (unpaired) electrons. The van der Waals surface area contributed by atoms with Crippen molar-refractivity contribution in [2.24, 2.45) is 0 Å². The van der Waals surface area contributed by atoms with Crippen LogP contribution in [0.5, 0.6) is 0 Å². The fourth-order valence-electron chi connectivity index (χ4n) is 3.67. The average Bonchev–Trinajstić information content (AvgIpc) is 2.68. The Balaban J connectivity index is 1.78. The zero-order valence-corrected chi connectivity index (χ0v) is 19.9. The zero-order valence-electron chi connectivity index (χ0n) is 19.1. The first-order valence-electron chi connectivity index (χ1n) is 10.8. The molecule has 0 unspecified atom stereocenters. The number of carbonyl (C=O) groups excluding carboxylic acids is 2. The first-order valence-corrected chi connectivity index (χ1v) is 12.3. The van der Waals surface area contributed by atoms with Gasteiger partial charge >= 0.3 is 0 Å². The highest BCUT2D eigenvalue weighted by atomic mass is 32.2. The first kappa shape index (κ1) is 23.9. The molecule has 0 aliphatic carbocycles. The van der Waals surface area contributed by atoms with E-state index in [2.05, 4.69) is 10.0 Å². The Morgan fingerprint density at radius 1 is 1.09 bits per heavy atom. The number of nitrogens with zero attached hydrogens (tertiary/aromatic N) is 1. The van der Waals surface area contributed by atoms with Crippen molar-refractivity contribution in [3.63, 3.8) is 0 Å². The summed E-state index contributed by atoms with van der Waals surface area (Å²) in [5.74, 6) is -0.232. The second-order valence-electron chi connectivity index (χ2n) is 9.26. The van der Waals surface area contributed by atoms with Crippen molar-refractivity contribution in [3.05, 3.63) is 59.2 Å². The Hall–Kier alpha value is -2.71. The van der Waals surface area contributed by atoms with E-state index >= 15 is 0 Å². The van der Waals surface area contributed by atoms with Gasteiger partial charge in [0, 0.05) is 36.3 Å². The van der Waals surface area contributed by atoms with Crippen LogP contribution in [0.2, 0.25) is 0 Å². The van der Waals surface area contributed by atoms with Crippen LogP contribution < -0.4 is 10.0 Å². The molecule has 1 saturated heterocycles. The number of rotatable bonds is 6. The number of hydrogen-bond donors (Lipinski definition) is 2. The molecule has 32 heavy (non-hydrogen) atoms. The Kier molecular flexibility index (Phi) is 7.05. The molecular formula is C24H31N3O4S. The predicted molar refractivity (Wildman–Crippen MR) is 125 cm³/mol. The minimum Gasteiger partial charge on any atom is -0.338 e. The third-order valence-electron chi connectivity index (χ3n) is 5.18. The summed E-state index contributed by atoms with van der Waals surface area (Å²) in [6.45, 7) is 8.30. The molecule has 3 rings (SSSR count). The monoisotopic (exact) mass is 457 g/mol. The van der Waals surface area contributed by atoms with Gasteiger partial charge in [0.15, 0.2) is 0 Å². The lowest BCUT2D eigenvalue weighted by Crippen LogP contribution is -2.40. The smallest absolute Gasteiger partial charge is 0.255 e. The number of aryl methyl sites for hydroxylation is 1. The molecule has 2 amide bonds. The summed E-state index contributed by atoms with van der Waals surface area (Å²) in [7, 11) is -3.76. The maximum Gasteiger partial charge on any atom is 0.255 e. The molecule has 1 fully saturated rings. The van der Waals surface area contributed by atoms with E-state index in [0.29, 0.717) is 29.8 Å². The maximum absolute atomic E-state index is 13.0. The fraction of sp³-hybridized carbons (Fsp3) is 0.417. The van der Waals surface area contributed by atoms with Gasteiger partial charge in [-0.2, -0.15) is 0 Å². The largest absolute Gasteiger partial charge is 0.338 e. The predicted octanol–water partition coefficient (Wildman–Crippen LogP) is 3.84. The molecule has 0 bridgehead atoms. The van der Waals surface area contributed by atoms with E-state index in [4.69, 9.17) is 0 Å². The summed E-state index contributed by atoms with van der Waals surface area (Å²) in [6.07, 6.45) is 2.52. The molecule has 172 valence electrons. The SMILES string of the molecule is Cc1ccc(S(=O)(=O)NC(C)(C)C)cc1C(=O)Nc1cccc(CN2CCCCC2=O)c1. The normalized spacial score (nSPS) is 15.0. The van der Waals surface area contributed by atoms with Crippen LogP contribution in [-0.4, -0.2) is 37.2 Å². The van der Waals surface area contributed by atoms with Gasteiger partial charge < -0.3 is 10.2 Å². The number of sulfonamides is 1. The highest BCUT2D eigenvalue weighted by molar-refractivity contribution is 7.89. The van der Waals surface area contributed by atoms with Crippen molar-refractivity contribution in [2.45, 2.75) is 63.9 Å². The molecule has 7 nitrogen and oxygen atoms in total. The third kappa shape index (κ3) is 6.17. The highest BCUT2D eigenvalue weighted by Crippen LogP contribution is 2.21. The quantitative estimate of drug-likeness (QED) is 0.689. The number of carbonyl (C=O) groups is 2. The van der Waals surface area contributed by atoms with E-state index in [1.54, 1.807) is 39.8 Å². The number of amides is 2. The minimum atomic E-state index is -3.76. The Labute approximate surface area is 190 Å². The minimum absolute atomic E-state index is 0.0422. The number of piperidine rings is 1. The number of anilines is 1. The van der Waals surface area contributed by atoms with Crippen LogP contribution in [0.1, 0.15) is 61.5 Å². The second kappa shape index (κ2) is 9.42. The molecular weight excluding hydrogens is 426 g/mol. The van der Waals surface area contributed by atoms with Crippen LogP contribution in [0.15, 0.2) is 47.4 Å². The fourth-order valence-corrected chi connectivity index (χ4v) is 5.11. The molecule has 8 heteroatoms. The Morgan fingerprint density at radius 2 is 1.84 bits per heavy atom. The van der Waals surface area contributed by atoms with Gasteiger partial charge in [0.1, 0.15) is 0 Å². The van der Waals surface area contributed by atoms with Gasteiger partial charge in [-0.1, -0.05) is 18.2 Å². The molecule has 2 aromatic rings. The van der Waals surface area contributed by atoms with Gasteiger partial charge in [-0.05, 0) is 75.9 Å². The lowest BCUT2D eigenvalue weighted by molar-refractivity contribution is -0.133. The Morgan fingerprint density at radius 3 is 2.53 bits per heavy atom. The molecule has 1 heterocycles. The molecule has 2 aromatic carbocycles. The highest BCUT2D eigenvalue weighted by Gasteiger charge is 2.24. The van der Waals surface area contributed by atoms with Crippen LogP contribution in [0.25, 0.3) is 0 Å². The third-order valence-corrected chi connectivity index (χ3v) is 6.94. The molecule has 0 atom stereocenters. The summed E-state index contributed by atoms with van der Waals surface area (Å²) < 4.78 is 28.0. The van der Waals surface area contributed by atoms with Gasteiger partial charge in [-0.25, -0.2) is 13.1 Å². The van der Waals surface area contributed by atoms with Gasteiger partial charge in [-0.15, -0.1) is 0 Å². The van der Waals surface area contributed by atoms with E-state index < -0.39 is 15.6 Å².